The largest absolute Gasteiger partial charge is 0.490 e. The van der Waals surface area contributed by atoms with Gasteiger partial charge < -0.3 is 20.3 Å². The Balaban J connectivity index is 1.31. The minimum absolute atomic E-state index is 0.292. The summed E-state index contributed by atoms with van der Waals surface area (Å²) in [6.45, 7) is 2.44. The maximum absolute atomic E-state index is 6.30. The summed E-state index contributed by atoms with van der Waals surface area (Å²) in [6, 6.07) is 12.3. The van der Waals surface area contributed by atoms with E-state index in [1.54, 1.807) is 13.2 Å². The van der Waals surface area contributed by atoms with Gasteiger partial charge in [0.2, 0.25) is 0 Å². The summed E-state index contributed by atoms with van der Waals surface area (Å²) in [6.07, 6.45) is 6.74. The molecule has 1 aliphatic heterocycles. The highest BCUT2D eigenvalue weighted by Gasteiger charge is 2.25. The number of guanidine groups is 1. The van der Waals surface area contributed by atoms with E-state index in [1.165, 1.54) is 6.42 Å². The molecule has 0 spiro atoms. The second-order valence-electron chi connectivity index (χ2n) is 7.59. The van der Waals surface area contributed by atoms with Gasteiger partial charge in [-0.15, -0.1) is 0 Å². The summed E-state index contributed by atoms with van der Waals surface area (Å²) >= 11 is 6.30. The topological polar surface area (TPSA) is 61.8 Å². The van der Waals surface area contributed by atoms with Crippen molar-refractivity contribution in [3.05, 3.63) is 53.2 Å². The predicted octanol–water partition coefficient (Wildman–Crippen LogP) is 3.61. The molecule has 4 rings (SSSR count). The van der Waals surface area contributed by atoms with Crippen LogP contribution in [0.15, 0.2) is 47.6 Å². The van der Waals surface area contributed by atoms with Crippen LogP contribution >= 0.6 is 11.6 Å². The molecule has 0 bridgehead atoms. The van der Waals surface area contributed by atoms with Crippen LogP contribution in [0.25, 0.3) is 0 Å². The second kappa shape index (κ2) is 9.35. The Kier molecular flexibility index (Phi) is 6.39. The van der Waals surface area contributed by atoms with E-state index in [9.17, 15) is 0 Å². The molecule has 2 aliphatic rings. The van der Waals surface area contributed by atoms with E-state index in [4.69, 9.17) is 16.3 Å². The van der Waals surface area contributed by atoms with Gasteiger partial charge >= 0.3 is 0 Å². The van der Waals surface area contributed by atoms with Gasteiger partial charge in [0.25, 0.3) is 0 Å². The number of ether oxygens (including phenoxy) is 1. The molecular formula is C22H28ClN5O. The first kappa shape index (κ1) is 19.8. The maximum Gasteiger partial charge on any atom is 0.191 e. The number of hydrogen-bond acceptors (Lipinski definition) is 4. The van der Waals surface area contributed by atoms with E-state index in [2.05, 4.69) is 37.6 Å². The first-order chi connectivity index (χ1) is 14.2. The molecule has 1 atom stereocenters. The van der Waals surface area contributed by atoms with E-state index in [-0.39, 0.29) is 0 Å². The molecule has 1 unspecified atom stereocenters. The highest BCUT2D eigenvalue weighted by Crippen LogP contribution is 2.28. The average molecular weight is 414 g/mol. The van der Waals surface area contributed by atoms with Crippen LogP contribution in [0.3, 0.4) is 0 Å². The van der Waals surface area contributed by atoms with Gasteiger partial charge in [-0.25, -0.2) is 4.98 Å². The average Bonchev–Trinajstić information content (AvgIpc) is 3.17. The Bertz CT molecular complexity index is 855. The number of benzene rings is 1. The first-order valence-electron chi connectivity index (χ1n) is 10.3. The van der Waals surface area contributed by atoms with Crippen molar-refractivity contribution < 1.29 is 4.74 Å². The molecule has 1 aromatic carbocycles. The number of hydrogen-bond donors (Lipinski definition) is 2. The quantitative estimate of drug-likeness (QED) is 0.559. The van der Waals surface area contributed by atoms with Crippen LogP contribution in [0.1, 0.15) is 31.2 Å². The number of nitrogens with one attached hydrogen (secondary N) is 2. The number of pyridine rings is 1. The zero-order chi connectivity index (χ0) is 20.1. The minimum Gasteiger partial charge on any atom is -0.490 e. The monoisotopic (exact) mass is 413 g/mol. The highest BCUT2D eigenvalue weighted by atomic mass is 35.5. The van der Waals surface area contributed by atoms with Crippen molar-refractivity contribution in [2.45, 2.75) is 44.4 Å². The van der Waals surface area contributed by atoms with Gasteiger partial charge in [-0.3, -0.25) is 4.99 Å². The van der Waals surface area contributed by atoms with Crippen molar-refractivity contribution in [3.63, 3.8) is 0 Å². The van der Waals surface area contributed by atoms with Gasteiger partial charge in [0.15, 0.2) is 5.96 Å². The molecule has 2 aromatic rings. The number of anilines is 1. The lowest BCUT2D eigenvalue weighted by atomic mass is 9.96. The number of para-hydroxylation sites is 1. The van der Waals surface area contributed by atoms with E-state index < -0.39 is 0 Å². The van der Waals surface area contributed by atoms with Crippen molar-refractivity contribution >= 4 is 23.4 Å². The molecule has 7 heteroatoms. The molecule has 1 aliphatic carbocycles. The van der Waals surface area contributed by atoms with Gasteiger partial charge in [-0.05, 0) is 43.9 Å². The van der Waals surface area contributed by atoms with E-state index in [1.807, 2.05) is 24.3 Å². The first-order valence-corrected chi connectivity index (χ1v) is 10.7. The summed E-state index contributed by atoms with van der Waals surface area (Å²) in [5.74, 6) is 2.61. The molecule has 2 heterocycles. The van der Waals surface area contributed by atoms with Crippen LogP contribution in [0.5, 0.6) is 5.75 Å². The third-order valence-electron chi connectivity index (χ3n) is 5.56. The minimum atomic E-state index is 0.292. The molecule has 2 fully saturated rings. The molecule has 0 amide bonds. The summed E-state index contributed by atoms with van der Waals surface area (Å²) in [5, 5.41) is 7.64. The molecule has 1 saturated carbocycles. The maximum atomic E-state index is 6.30. The van der Waals surface area contributed by atoms with Crippen LogP contribution in [-0.2, 0) is 6.54 Å². The third kappa shape index (κ3) is 4.93. The van der Waals surface area contributed by atoms with Crippen molar-refractivity contribution in [1.29, 1.82) is 0 Å². The van der Waals surface area contributed by atoms with Gasteiger partial charge in [-0.1, -0.05) is 29.8 Å². The number of aliphatic imine (C=N–C) groups is 1. The van der Waals surface area contributed by atoms with Gasteiger partial charge in [-0.2, -0.15) is 0 Å². The SMILES string of the molecule is CN=C(NCc1ccccc1OC1CCC1)NC1CCN(c2ncccc2Cl)C1. The van der Waals surface area contributed by atoms with Gasteiger partial charge in [0.1, 0.15) is 11.6 Å². The number of rotatable bonds is 6. The Labute approximate surface area is 177 Å². The van der Waals surface area contributed by atoms with Crippen molar-refractivity contribution in [1.82, 2.24) is 15.6 Å². The normalized spacial score (nSPS) is 19.7. The number of halogens is 1. The summed E-state index contributed by atoms with van der Waals surface area (Å²) < 4.78 is 6.13. The van der Waals surface area contributed by atoms with Crippen LogP contribution < -0.4 is 20.3 Å². The molecular weight excluding hydrogens is 386 g/mol. The molecule has 29 heavy (non-hydrogen) atoms. The Morgan fingerprint density at radius 1 is 1.24 bits per heavy atom. The molecule has 1 aromatic heterocycles. The van der Waals surface area contributed by atoms with E-state index in [0.29, 0.717) is 23.7 Å². The summed E-state index contributed by atoms with van der Waals surface area (Å²) in [5.41, 5.74) is 1.15. The zero-order valence-corrected chi connectivity index (χ0v) is 17.5. The van der Waals surface area contributed by atoms with E-state index in [0.717, 1.165) is 55.4 Å². The van der Waals surface area contributed by atoms with Crippen LogP contribution in [0.4, 0.5) is 5.82 Å². The fraction of sp³-hybridized carbons (Fsp3) is 0.455. The molecule has 154 valence electrons. The van der Waals surface area contributed by atoms with Crippen molar-refractivity contribution in [3.8, 4) is 5.75 Å². The zero-order valence-electron chi connectivity index (χ0n) is 16.8. The third-order valence-corrected chi connectivity index (χ3v) is 5.85. The molecule has 0 radical (unpaired) electrons. The van der Waals surface area contributed by atoms with E-state index >= 15 is 0 Å². The Hall–Kier alpha value is -2.47. The molecule has 1 saturated heterocycles. The lowest BCUT2D eigenvalue weighted by molar-refractivity contribution is 0.119. The lowest BCUT2D eigenvalue weighted by Gasteiger charge is -2.27. The highest BCUT2D eigenvalue weighted by molar-refractivity contribution is 6.32. The fourth-order valence-corrected chi connectivity index (χ4v) is 3.92. The van der Waals surface area contributed by atoms with Crippen molar-refractivity contribution in [2.24, 2.45) is 4.99 Å². The second-order valence-corrected chi connectivity index (χ2v) is 8.00. The summed E-state index contributed by atoms with van der Waals surface area (Å²) in [7, 11) is 1.80. The molecule has 6 nitrogen and oxygen atoms in total. The fourth-order valence-electron chi connectivity index (χ4n) is 3.68. The van der Waals surface area contributed by atoms with Crippen LogP contribution in [-0.4, -0.2) is 43.2 Å². The van der Waals surface area contributed by atoms with Crippen LogP contribution in [0, 0.1) is 0 Å². The van der Waals surface area contributed by atoms with Gasteiger partial charge in [0.05, 0.1) is 11.1 Å². The standard InChI is InChI=1S/C22H28ClN5O/c1-24-22(26-14-16-6-2-3-10-20(16)29-18-7-4-8-18)27-17-11-13-28(15-17)21-19(23)9-5-12-25-21/h2-3,5-6,9-10,12,17-18H,4,7-8,11,13-15H2,1H3,(H2,24,26,27). The van der Waals surface area contributed by atoms with Crippen molar-refractivity contribution in [2.75, 3.05) is 25.0 Å². The number of nitrogens with zero attached hydrogens (tertiary/aromatic N) is 3. The lowest BCUT2D eigenvalue weighted by Crippen LogP contribution is -2.44. The van der Waals surface area contributed by atoms with Crippen LogP contribution in [0.2, 0.25) is 5.02 Å². The van der Waals surface area contributed by atoms with Gasteiger partial charge in [0, 0.05) is 44.5 Å². The Morgan fingerprint density at radius 3 is 2.86 bits per heavy atom. The number of aromatic nitrogens is 1. The predicted molar refractivity (Wildman–Crippen MR) is 118 cm³/mol. The Morgan fingerprint density at radius 2 is 2.10 bits per heavy atom. The molecule has 2 N–H and O–H groups in total. The smallest absolute Gasteiger partial charge is 0.191 e. The summed E-state index contributed by atoms with van der Waals surface area (Å²) in [4.78, 5) is 11.0.